The highest BCUT2D eigenvalue weighted by molar-refractivity contribution is 8.18. The van der Waals surface area contributed by atoms with Crippen LogP contribution in [0.1, 0.15) is 16.1 Å². The predicted molar refractivity (Wildman–Crippen MR) is 115 cm³/mol. The molecule has 162 valence electrons. The number of pyridine rings is 1. The van der Waals surface area contributed by atoms with E-state index in [9.17, 15) is 14.4 Å². The molecule has 0 aliphatic carbocycles. The summed E-state index contributed by atoms with van der Waals surface area (Å²) in [6, 6.07) is 8.35. The highest BCUT2D eigenvalue weighted by Gasteiger charge is 2.34. The maximum absolute atomic E-state index is 12.7. The monoisotopic (exact) mass is 443 g/mol. The van der Waals surface area contributed by atoms with E-state index in [-0.39, 0.29) is 29.6 Å². The van der Waals surface area contributed by atoms with E-state index in [2.05, 4.69) is 10.3 Å². The third-order valence-electron chi connectivity index (χ3n) is 4.38. The summed E-state index contributed by atoms with van der Waals surface area (Å²) >= 11 is 0.829. The van der Waals surface area contributed by atoms with E-state index in [1.165, 1.54) is 27.5 Å². The summed E-state index contributed by atoms with van der Waals surface area (Å²) < 4.78 is 15.9. The van der Waals surface area contributed by atoms with Crippen molar-refractivity contribution in [3.05, 3.63) is 52.7 Å². The number of methoxy groups -OCH3 is 3. The van der Waals surface area contributed by atoms with Gasteiger partial charge >= 0.3 is 0 Å². The van der Waals surface area contributed by atoms with Gasteiger partial charge in [0.25, 0.3) is 17.1 Å². The van der Waals surface area contributed by atoms with Crippen LogP contribution in [0.25, 0.3) is 6.08 Å². The van der Waals surface area contributed by atoms with Gasteiger partial charge in [0.1, 0.15) is 5.69 Å². The molecule has 1 N–H and O–H groups in total. The van der Waals surface area contributed by atoms with Gasteiger partial charge in [0.2, 0.25) is 5.75 Å². The largest absolute Gasteiger partial charge is 0.493 e. The first-order chi connectivity index (χ1) is 15.0. The minimum Gasteiger partial charge on any atom is -0.493 e. The second kappa shape index (κ2) is 9.98. The van der Waals surface area contributed by atoms with Crippen LogP contribution in [0.5, 0.6) is 17.2 Å². The van der Waals surface area contributed by atoms with Crippen molar-refractivity contribution < 1.29 is 28.6 Å². The third-order valence-corrected chi connectivity index (χ3v) is 5.28. The number of nitrogens with zero attached hydrogens (tertiary/aromatic N) is 2. The van der Waals surface area contributed by atoms with Crippen LogP contribution < -0.4 is 19.5 Å². The molecule has 0 spiro atoms. The smallest absolute Gasteiger partial charge is 0.293 e. The molecule has 0 saturated carbocycles. The normalized spacial score (nSPS) is 14.7. The zero-order valence-electron chi connectivity index (χ0n) is 17.2. The average Bonchev–Trinajstić information content (AvgIpc) is 3.06. The third kappa shape index (κ3) is 4.97. The van der Waals surface area contributed by atoms with Crippen LogP contribution in [0, 0.1) is 0 Å². The van der Waals surface area contributed by atoms with E-state index in [0.29, 0.717) is 22.8 Å². The fourth-order valence-corrected chi connectivity index (χ4v) is 3.76. The molecule has 0 atom stereocenters. The van der Waals surface area contributed by atoms with Crippen molar-refractivity contribution >= 4 is 34.9 Å². The number of benzene rings is 1. The number of hydrogen-bond donors (Lipinski definition) is 1. The van der Waals surface area contributed by atoms with Crippen LogP contribution in [-0.2, 0) is 4.79 Å². The van der Waals surface area contributed by atoms with Crippen LogP contribution in [0.2, 0.25) is 0 Å². The standard InChI is InChI=1S/C21H21N3O6S/c1-28-15-10-13(11-16(29-2)18(15)30-3)12-17-20(26)24(21(27)31-17)9-8-23-19(25)14-6-4-5-7-22-14/h4-7,10-12H,8-9H2,1-3H3,(H,23,25). The zero-order chi connectivity index (χ0) is 22.4. The molecule has 10 heteroatoms. The molecule has 1 aromatic carbocycles. The molecule has 2 heterocycles. The highest BCUT2D eigenvalue weighted by Crippen LogP contribution is 2.40. The zero-order valence-corrected chi connectivity index (χ0v) is 18.0. The molecule has 0 radical (unpaired) electrons. The number of amides is 3. The Morgan fingerprint density at radius 1 is 1.13 bits per heavy atom. The van der Waals surface area contributed by atoms with Gasteiger partial charge in [-0.1, -0.05) is 6.07 Å². The number of nitrogens with one attached hydrogen (secondary N) is 1. The Labute approximate surface area is 183 Å². The minimum atomic E-state index is -0.434. The van der Waals surface area contributed by atoms with E-state index in [4.69, 9.17) is 14.2 Å². The Hall–Kier alpha value is -3.53. The summed E-state index contributed by atoms with van der Waals surface area (Å²) in [6.45, 7) is 0.167. The Bertz CT molecular complexity index is 1000. The number of carbonyl (C=O) groups is 3. The first kappa shape index (κ1) is 22.2. The summed E-state index contributed by atoms with van der Waals surface area (Å²) in [5.41, 5.74) is 0.877. The lowest BCUT2D eigenvalue weighted by atomic mass is 10.1. The van der Waals surface area contributed by atoms with E-state index >= 15 is 0 Å². The minimum absolute atomic E-state index is 0.0514. The number of aromatic nitrogens is 1. The molecule has 9 nitrogen and oxygen atoms in total. The van der Waals surface area contributed by atoms with Crippen molar-refractivity contribution in [3.8, 4) is 17.2 Å². The first-order valence-electron chi connectivity index (χ1n) is 9.23. The van der Waals surface area contributed by atoms with Crippen LogP contribution in [0.3, 0.4) is 0 Å². The van der Waals surface area contributed by atoms with Crippen molar-refractivity contribution in [1.29, 1.82) is 0 Å². The number of rotatable bonds is 8. The Morgan fingerprint density at radius 3 is 2.42 bits per heavy atom. The van der Waals surface area contributed by atoms with Gasteiger partial charge in [-0.25, -0.2) is 0 Å². The van der Waals surface area contributed by atoms with Crippen molar-refractivity contribution in [1.82, 2.24) is 15.2 Å². The molecule has 1 aromatic heterocycles. The lowest BCUT2D eigenvalue weighted by Crippen LogP contribution is -2.37. The van der Waals surface area contributed by atoms with Gasteiger partial charge in [-0.05, 0) is 47.7 Å². The van der Waals surface area contributed by atoms with Gasteiger partial charge in [0, 0.05) is 19.3 Å². The molecular formula is C21H21N3O6S. The lowest BCUT2D eigenvalue weighted by Gasteiger charge is -2.13. The molecule has 1 aliphatic heterocycles. The molecule has 0 bridgehead atoms. The summed E-state index contributed by atoms with van der Waals surface area (Å²) in [7, 11) is 4.49. The van der Waals surface area contributed by atoms with E-state index in [1.54, 1.807) is 36.4 Å². The molecule has 3 amide bonds. The predicted octanol–water partition coefficient (Wildman–Crippen LogP) is 2.57. The van der Waals surface area contributed by atoms with Crippen LogP contribution >= 0.6 is 11.8 Å². The fourth-order valence-electron chi connectivity index (χ4n) is 2.90. The topological polar surface area (TPSA) is 107 Å². The molecule has 31 heavy (non-hydrogen) atoms. The van der Waals surface area contributed by atoms with E-state index in [1.807, 2.05) is 0 Å². The molecule has 0 unspecified atom stereocenters. The summed E-state index contributed by atoms with van der Waals surface area (Å²) in [4.78, 5) is 42.4. The van der Waals surface area contributed by atoms with Crippen molar-refractivity contribution in [2.24, 2.45) is 0 Å². The number of ether oxygens (including phenoxy) is 3. The van der Waals surface area contributed by atoms with Crippen molar-refractivity contribution in [2.75, 3.05) is 34.4 Å². The number of hydrogen-bond acceptors (Lipinski definition) is 8. The van der Waals surface area contributed by atoms with Crippen molar-refractivity contribution in [2.45, 2.75) is 0 Å². The molecular weight excluding hydrogens is 422 g/mol. The lowest BCUT2D eigenvalue weighted by molar-refractivity contribution is -0.122. The maximum Gasteiger partial charge on any atom is 0.293 e. The Kier molecular flexibility index (Phi) is 7.14. The summed E-state index contributed by atoms with van der Waals surface area (Å²) in [5, 5.41) is 2.24. The number of carbonyl (C=O) groups excluding carboxylic acids is 3. The van der Waals surface area contributed by atoms with Crippen molar-refractivity contribution in [3.63, 3.8) is 0 Å². The molecule has 1 saturated heterocycles. The Morgan fingerprint density at radius 2 is 1.84 bits per heavy atom. The highest BCUT2D eigenvalue weighted by atomic mass is 32.2. The fraction of sp³-hybridized carbons (Fsp3) is 0.238. The van der Waals surface area contributed by atoms with Gasteiger partial charge in [0.15, 0.2) is 11.5 Å². The average molecular weight is 443 g/mol. The second-order valence-corrected chi connectivity index (χ2v) is 7.26. The van der Waals surface area contributed by atoms with Gasteiger partial charge in [-0.15, -0.1) is 0 Å². The second-order valence-electron chi connectivity index (χ2n) is 6.26. The van der Waals surface area contributed by atoms with Crippen LogP contribution in [0.4, 0.5) is 4.79 Å². The van der Waals surface area contributed by atoms with Crippen LogP contribution in [0.15, 0.2) is 41.4 Å². The molecule has 2 aromatic rings. The molecule has 3 rings (SSSR count). The van der Waals surface area contributed by atoms with Gasteiger partial charge in [0.05, 0.1) is 26.2 Å². The Balaban J connectivity index is 1.70. The van der Waals surface area contributed by atoms with E-state index < -0.39 is 11.1 Å². The van der Waals surface area contributed by atoms with Gasteiger partial charge in [-0.2, -0.15) is 0 Å². The summed E-state index contributed by atoms with van der Waals surface area (Å²) in [6.07, 6.45) is 3.10. The number of imide groups is 1. The van der Waals surface area contributed by atoms with Crippen LogP contribution in [-0.4, -0.2) is 61.4 Å². The number of thioether (sulfide) groups is 1. The summed E-state index contributed by atoms with van der Waals surface area (Å²) in [5.74, 6) is 0.490. The van der Waals surface area contributed by atoms with E-state index in [0.717, 1.165) is 16.7 Å². The van der Waals surface area contributed by atoms with Gasteiger partial charge in [-0.3, -0.25) is 24.3 Å². The molecule has 1 aliphatic rings. The van der Waals surface area contributed by atoms with Gasteiger partial charge < -0.3 is 19.5 Å². The SMILES string of the molecule is COc1cc(C=C2SC(=O)N(CCNC(=O)c3ccccn3)C2=O)cc(OC)c1OC. The quantitative estimate of drug-likeness (QED) is 0.621. The molecule has 1 fully saturated rings. The first-order valence-corrected chi connectivity index (χ1v) is 10.0. The maximum atomic E-state index is 12.7.